The summed E-state index contributed by atoms with van der Waals surface area (Å²) in [5.74, 6) is 1.91. The van der Waals surface area contributed by atoms with Gasteiger partial charge in [-0.05, 0) is 117 Å². The predicted molar refractivity (Wildman–Crippen MR) is 285 cm³/mol. The first-order chi connectivity index (χ1) is 33.9. The summed E-state index contributed by atoms with van der Waals surface area (Å²) in [6.45, 7) is 4.75. The maximum absolute atomic E-state index is 5.12. The summed E-state index contributed by atoms with van der Waals surface area (Å²) in [4.78, 5) is 15.2. The fourth-order valence-corrected chi connectivity index (χ4v) is 11.1. The number of nitrogens with zero attached hydrogens (tertiary/aromatic N) is 5. The monoisotopic (exact) mass is 881 g/mol. The smallest absolute Gasteiger partial charge is 0.164 e. The molecule has 1 aliphatic carbocycles. The lowest BCUT2D eigenvalue weighted by Crippen LogP contribution is -2.15. The van der Waals surface area contributed by atoms with Gasteiger partial charge in [0.1, 0.15) is 0 Å². The van der Waals surface area contributed by atoms with Gasteiger partial charge in [-0.3, -0.25) is 0 Å². The molecule has 13 aromatic rings. The molecule has 5 heteroatoms. The highest BCUT2D eigenvalue weighted by Gasteiger charge is 2.37. The number of fused-ring (bicyclic) bond motifs is 10. The van der Waals surface area contributed by atoms with Crippen LogP contribution in [0.4, 0.5) is 0 Å². The molecule has 0 N–H and O–H groups in total. The number of hydrogen-bond donors (Lipinski definition) is 0. The zero-order chi connectivity index (χ0) is 45.8. The topological polar surface area (TPSA) is 48.5 Å². The Bertz CT molecular complexity index is 4090. The fourth-order valence-electron chi connectivity index (χ4n) is 11.1. The molecule has 0 fully saturated rings. The molecule has 5 nitrogen and oxygen atoms in total. The van der Waals surface area contributed by atoms with Crippen molar-refractivity contribution >= 4 is 54.4 Å². The van der Waals surface area contributed by atoms with Crippen molar-refractivity contribution in [3.63, 3.8) is 0 Å². The van der Waals surface area contributed by atoms with E-state index in [1.54, 1.807) is 0 Å². The zero-order valence-electron chi connectivity index (χ0n) is 38.1. The second-order valence-corrected chi connectivity index (χ2v) is 18.9. The maximum Gasteiger partial charge on any atom is 0.164 e. The van der Waals surface area contributed by atoms with Crippen LogP contribution < -0.4 is 0 Å². The van der Waals surface area contributed by atoms with Crippen LogP contribution in [-0.2, 0) is 5.41 Å². The number of aromatic nitrogens is 5. The van der Waals surface area contributed by atoms with Crippen LogP contribution in [0, 0.1) is 0 Å². The van der Waals surface area contributed by atoms with Crippen LogP contribution in [0.3, 0.4) is 0 Å². The molecule has 324 valence electrons. The quantitative estimate of drug-likeness (QED) is 0.167. The summed E-state index contributed by atoms with van der Waals surface area (Å²) in [7, 11) is 0. The molecule has 3 heterocycles. The maximum atomic E-state index is 5.12. The first-order valence-corrected chi connectivity index (χ1v) is 23.7. The largest absolute Gasteiger partial charge is 0.309 e. The average molecular weight is 882 g/mol. The van der Waals surface area contributed by atoms with Crippen LogP contribution in [0.1, 0.15) is 25.0 Å². The SMILES string of the molecule is CC1(C)c2cc3ccccc3cc2-c2cc3c4cc(-c5ccc(-n6c7ccccc7c7ccccc76)cc5)ccc4n(-c4cccc(-c5nc(-c6ccccc6)nc(-c6ccccc6)n5)c4)c3cc21. The van der Waals surface area contributed by atoms with Crippen LogP contribution in [0.25, 0.3) is 122 Å². The van der Waals surface area contributed by atoms with Crippen LogP contribution in [0.2, 0.25) is 0 Å². The molecule has 0 spiro atoms. The van der Waals surface area contributed by atoms with Gasteiger partial charge in [0.2, 0.25) is 0 Å². The van der Waals surface area contributed by atoms with Crippen molar-refractivity contribution < 1.29 is 0 Å². The molecule has 0 saturated heterocycles. The summed E-state index contributed by atoms with van der Waals surface area (Å²) in [6, 6.07) is 80.9. The van der Waals surface area contributed by atoms with Gasteiger partial charge in [-0.2, -0.15) is 0 Å². The van der Waals surface area contributed by atoms with E-state index in [1.807, 2.05) is 36.4 Å². The van der Waals surface area contributed by atoms with Gasteiger partial charge in [0, 0.05) is 55.0 Å². The van der Waals surface area contributed by atoms with E-state index in [1.165, 1.54) is 76.7 Å². The lowest BCUT2D eigenvalue weighted by atomic mass is 9.81. The first kappa shape index (κ1) is 39.3. The first-order valence-electron chi connectivity index (χ1n) is 23.7. The van der Waals surface area contributed by atoms with E-state index in [0.717, 1.165) is 39.1 Å². The van der Waals surface area contributed by atoms with Gasteiger partial charge >= 0.3 is 0 Å². The Kier molecular flexibility index (Phi) is 8.56. The van der Waals surface area contributed by atoms with Crippen molar-refractivity contribution in [2.24, 2.45) is 0 Å². The van der Waals surface area contributed by atoms with E-state index < -0.39 is 0 Å². The molecule has 0 amide bonds. The molecule has 0 unspecified atom stereocenters. The third-order valence-electron chi connectivity index (χ3n) is 14.5. The molecule has 10 aromatic carbocycles. The summed E-state index contributed by atoms with van der Waals surface area (Å²) in [5.41, 5.74) is 17.1. The van der Waals surface area contributed by atoms with Crippen molar-refractivity contribution in [3.8, 4) is 67.8 Å². The fraction of sp³-hybridized carbons (Fsp3) is 0.0469. The van der Waals surface area contributed by atoms with Gasteiger partial charge in [-0.15, -0.1) is 0 Å². The molecule has 0 bridgehead atoms. The summed E-state index contributed by atoms with van der Waals surface area (Å²) >= 11 is 0. The Morgan fingerprint density at radius 1 is 0.304 bits per heavy atom. The molecule has 69 heavy (non-hydrogen) atoms. The standard InChI is InChI=1S/C64H43N5/c1-64(2)55-37-44-21-10-9-20-43(44)35-51(55)52-38-54-53-36-45(40-28-31-47(32-29-40)68-57-26-13-11-24-49(57)50-25-12-14-27-58(50)68)30-33-59(53)69(60(54)39-56(52)64)48-23-15-22-46(34-48)63-66-61(41-16-5-3-6-17-41)65-62(67-63)42-18-7-4-8-19-42/h3-39H,1-2H3. The predicted octanol–water partition coefficient (Wildman–Crippen LogP) is 16.2. The Morgan fingerprint density at radius 3 is 1.46 bits per heavy atom. The normalized spacial score (nSPS) is 12.9. The van der Waals surface area contributed by atoms with E-state index in [2.05, 4.69) is 211 Å². The number of rotatable bonds is 6. The minimum atomic E-state index is -0.206. The Labute approximate surface area is 399 Å². The van der Waals surface area contributed by atoms with Crippen LogP contribution >= 0.6 is 0 Å². The molecule has 0 radical (unpaired) electrons. The van der Waals surface area contributed by atoms with Crippen LogP contribution in [0.15, 0.2) is 224 Å². The van der Waals surface area contributed by atoms with Crippen LogP contribution in [-0.4, -0.2) is 24.1 Å². The van der Waals surface area contributed by atoms with Crippen molar-refractivity contribution in [1.29, 1.82) is 0 Å². The van der Waals surface area contributed by atoms with E-state index in [4.69, 9.17) is 15.0 Å². The van der Waals surface area contributed by atoms with Crippen molar-refractivity contribution in [1.82, 2.24) is 24.1 Å². The highest BCUT2D eigenvalue weighted by Crippen LogP contribution is 2.52. The molecule has 1 aliphatic rings. The van der Waals surface area contributed by atoms with Gasteiger partial charge in [0.05, 0.1) is 22.1 Å². The molecule has 0 saturated carbocycles. The molecular weight excluding hydrogens is 839 g/mol. The molecule has 0 aliphatic heterocycles. The van der Waals surface area contributed by atoms with Gasteiger partial charge < -0.3 is 9.13 Å². The third-order valence-corrected chi connectivity index (χ3v) is 14.5. The molecular formula is C64H43N5. The van der Waals surface area contributed by atoms with Crippen molar-refractivity contribution in [3.05, 3.63) is 236 Å². The Hall–Kier alpha value is -8.93. The second-order valence-electron chi connectivity index (χ2n) is 18.9. The second kappa shape index (κ2) is 15.0. The highest BCUT2D eigenvalue weighted by atomic mass is 15.0. The Morgan fingerprint density at radius 2 is 0.797 bits per heavy atom. The summed E-state index contributed by atoms with van der Waals surface area (Å²) in [5, 5.41) is 7.47. The van der Waals surface area contributed by atoms with Crippen molar-refractivity contribution in [2.45, 2.75) is 19.3 Å². The van der Waals surface area contributed by atoms with E-state index in [-0.39, 0.29) is 5.41 Å². The van der Waals surface area contributed by atoms with Crippen molar-refractivity contribution in [2.75, 3.05) is 0 Å². The third kappa shape index (κ3) is 6.14. The summed E-state index contributed by atoms with van der Waals surface area (Å²) in [6.07, 6.45) is 0. The van der Waals surface area contributed by atoms with Gasteiger partial charge in [0.15, 0.2) is 17.5 Å². The van der Waals surface area contributed by atoms with E-state index >= 15 is 0 Å². The van der Waals surface area contributed by atoms with E-state index in [0.29, 0.717) is 17.5 Å². The number of benzene rings is 10. The van der Waals surface area contributed by atoms with E-state index in [9.17, 15) is 0 Å². The minimum absolute atomic E-state index is 0.206. The van der Waals surface area contributed by atoms with Gasteiger partial charge in [-0.1, -0.05) is 166 Å². The van der Waals surface area contributed by atoms with Gasteiger partial charge in [0.25, 0.3) is 0 Å². The Balaban J connectivity index is 0.958. The van der Waals surface area contributed by atoms with Gasteiger partial charge in [-0.25, -0.2) is 15.0 Å². The lowest BCUT2D eigenvalue weighted by Gasteiger charge is -2.22. The number of hydrogen-bond acceptors (Lipinski definition) is 3. The lowest BCUT2D eigenvalue weighted by molar-refractivity contribution is 0.662. The zero-order valence-corrected chi connectivity index (χ0v) is 38.1. The molecule has 3 aromatic heterocycles. The molecule has 0 atom stereocenters. The molecule has 14 rings (SSSR count). The average Bonchev–Trinajstić information content (AvgIpc) is 3.99. The summed E-state index contributed by atoms with van der Waals surface area (Å²) < 4.78 is 4.82. The van der Waals surface area contributed by atoms with Crippen LogP contribution in [0.5, 0.6) is 0 Å². The minimum Gasteiger partial charge on any atom is -0.309 e. The highest BCUT2D eigenvalue weighted by molar-refractivity contribution is 6.13. The number of para-hydroxylation sites is 2.